The minimum atomic E-state index is 0.0771. The Bertz CT molecular complexity index is 464. The van der Waals surface area contributed by atoms with Crippen LogP contribution >= 0.6 is 11.5 Å². The highest BCUT2D eigenvalue weighted by Crippen LogP contribution is 2.21. The fraction of sp³-hybridized carbons (Fsp3) is 0.727. The smallest absolute Gasteiger partial charge is 0.317 e. The van der Waals surface area contributed by atoms with Crippen LogP contribution in [-0.4, -0.2) is 64.2 Å². The second kappa shape index (κ2) is 5.30. The van der Waals surface area contributed by atoms with Crippen LogP contribution in [0.15, 0.2) is 0 Å². The zero-order chi connectivity index (χ0) is 13.2. The van der Waals surface area contributed by atoms with E-state index >= 15 is 0 Å². The Morgan fingerprint density at radius 3 is 3.26 bits per heavy atom. The van der Waals surface area contributed by atoms with E-state index in [4.69, 9.17) is 0 Å². The monoisotopic (exact) mass is 282 g/mol. The van der Waals surface area contributed by atoms with Crippen molar-refractivity contribution in [1.29, 1.82) is 0 Å². The maximum Gasteiger partial charge on any atom is 0.317 e. The number of fused-ring (bicyclic) bond motifs is 1. The third-order valence-electron chi connectivity index (χ3n) is 3.58. The molecule has 0 aromatic carbocycles. The molecule has 1 atom stereocenters. The van der Waals surface area contributed by atoms with E-state index in [1.807, 2.05) is 4.90 Å². The molecule has 3 rings (SSSR count). The number of piperazine rings is 1. The number of aromatic nitrogens is 2. The Morgan fingerprint density at radius 1 is 1.53 bits per heavy atom. The highest BCUT2D eigenvalue weighted by atomic mass is 32.1. The highest BCUT2D eigenvalue weighted by molar-refractivity contribution is 7.10. The number of urea groups is 1. The summed E-state index contributed by atoms with van der Waals surface area (Å²) in [6, 6.07) is 0.378. The summed E-state index contributed by atoms with van der Waals surface area (Å²) in [5.41, 5.74) is 1.01. The molecule has 2 fully saturated rings. The van der Waals surface area contributed by atoms with Crippen LogP contribution in [0.2, 0.25) is 0 Å². The number of anilines is 1. The standard InChI is InChI=1S/C11H18N6OS/c1-2-12-10-9(14-15-19-10)7-16-3-4-17-8(6-16)5-13-11(17)18/h8,12H,2-7H2,1H3,(H,13,18). The van der Waals surface area contributed by atoms with E-state index in [0.29, 0.717) is 6.04 Å². The zero-order valence-electron chi connectivity index (χ0n) is 10.9. The Kier molecular flexibility index (Phi) is 3.52. The number of nitrogens with zero attached hydrogens (tertiary/aromatic N) is 4. The molecule has 0 bridgehead atoms. The van der Waals surface area contributed by atoms with Crippen LogP contribution in [0, 0.1) is 0 Å². The van der Waals surface area contributed by atoms with Gasteiger partial charge >= 0.3 is 6.03 Å². The summed E-state index contributed by atoms with van der Waals surface area (Å²) in [6.07, 6.45) is 0. The van der Waals surface area contributed by atoms with Gasteiger partial charge in [0.2, 0.25) is 0 Å². The van der Waals surface area contributed by atoms with Gasteiger partial charge in [-0.3, -0.25) is 4.90 Å². The summed E-state index contributed by atoms with van der Waals surface area (Å²) < 4.78 is 4.01. The molecule has 1 unspecified atom stereocenters. The van der Waals surface area contributed by atoms with E-state index in [1.54, 1.807) is 0 Å². The molecule has 19 heavy (non-hydrogen) atoms. The molecule has 0 radical (unpaired) electrons. The van der Waals surface area contributed by atoms with Gasteiger partial charge in [-0.2, -0.15) is 0 Å². The lowest BCUT2D eigenvalue weighted by molar-refractivity contribution is 0.116. The number of hydrogen-bond acceptors (Lipinski definition) is 6. The maximum absolute atomic E-state index is 11.5. The minimum Gasteiger partial charge on any atom is -0.374 e. The molecule has 1 aromatic heterocycles. The van der Waals surface area contributed by atoms with Crippen molar-refractivity contribution < 1.29 is 4.79 Å². The van der Waals surface area contributed by atoms with Gasteiger partial charge in [-0.25, -0.2) is 4.79 Å². The second-order valence-electron chi connectivity index (χ2n) is 4.85. The SMILES string of the molecule is CCNc1snnc1CN1CCN2C(=O)NCC2C1. The average Bonchev–Trinajstić information content (AvgIpc) is 2.98. The van der Waals surface area contributed by atoms with Gasteiger partial charge in [0, 0.05) is 50.8 Å². The lowest BCUT2D eigenvalue weighted by atomic mass is 10.2. The van der Waals surface area contributed by atoms with Gasteiger partial charge in [0.15, 0.2) is 0 Å². The van der Waals surface area contributed by atoms with Crippen molar-refractivity contribution in [2.24, 2.45) is 0 Å². The topological polar surface area (TPSA) is 73.4 Å². The van der Waals surface area contributed by atoms with Gasteiger partial charge in [0.05, 0.1) is 6.04 Å². The third-order valence-corrected chi connectivity index (χ3v) is 4.31. The number of carbonyl (C=O) groups excluding carboxylic acids is 1. The van der Waals surface area contributed by atoms with E-state index in [9.17, 15) is 4.79 Å². The van der Waals surface area contributed by atoms with Crippen LogP contribution in [-0.2, 0) is 6.54 Å². The quantitative estimate of drug-likeness (QED) is 0.824. The summed E-state index contributed by atoms with van der Waals surface area (Å²) in [7, 11) is 0. The van der Waals surface area contributed by atoms with E-state index in [-0.39, 0.29) is 6.03 Å². The van der Waals surface area contributed by atoms with Gasteiger partial charge in [-0.15, -0.1) is 5.10 Å². The molecule has 8 heteroatoms. The molecule has 3 heterocycles. The molecule has 2 aliphatic rings. The van der Waals surface area contributed by atoms with Crippen LogP contribution < -0.4 is 10.6 Å². The van der Waals surface area contributed by atoms with Crippen molar-refractivity contribution in [2.45, 2.75) is 19.5 Å². The average molecular weight is 282 g/mol. The van der Waals surface area contributed by atoms with E-state index in [1.165, 1.54) is 11.5 Å². The number of carbonyl (C=O) groups is 1. The first-order chi connectivity index (χ1) is 9.28. The summed E-state index contributed by atoms with van der Waals surface area (Å²) in [4.78, 5) is 15.8. The second-order valence-corrected chi connectivity index (χ2v) is 5.60. The molecule has 2 saturated heterocycles. The molecule has 2 N–H and O–H groups in total. The van der Waals surface area contributed by atoms with Crippen LogP contribution in [0.25, 0.3) is 0 Å². The van der Waals surface area contributed by atoms with Gasteiger partial charge in [-0.05, 0) is 6.92 Å². The largest absolute Gasteiger partial charge is 0.374 e. The first-order valence-corrected chi connectivity index (χ1v) is 7.37. The Morgan fingerprint density at radius 2 is 2.42 bits per heavy atom. The summed E-state index contributed by atoms with van der Waals surface area (Å²) >= 11 is 1.41. The molecule has 7 nitrogen and oxygen atoms in total. The Balaban J connectivity index is 1.62. The van der Waals surface area contributed by atoms with Gasteiger partial charge < -0.3 is 15.5 Å². The minimum absolute atomic E-state index is 0.0771. The third kappa shape index (κ3) is 2.50. The maximum atomic E-state index is 11.5. The predicted molar refractivity (Wildman–Crippen MR) is 73.2 cm³/mol. The van der Waals surface area contributed by atoms with Crippen molar-refractivity contribution in [3.63, 3.8) is 0 Å². The fourth-order valence-corrected chi connectivity index (χ4v) is 3.27. The van der Waals surface area contributed by atoms with Crippen molar-refractivity contribution in [2.75, 3.05) is 38.0 Å². The molecule has 2 amide bonds. The van der Waals surface area contributed by atoms with E-state index in [2.05, 4.69) is 32.0 Å². The molecule has 104 valence electrons. The van der Waals surface area contributed by atoms with Gasteiger partial charge in [0.1, 0.15) is 10.7 Å². The molecule has 1 aromatic rings. The lowest BCUT2D eigenvalue weighted by Crippen LogP contribution is -2.51. The molecule has 2 aliphatic heterocycles. The van der Waals surface area contributed by atoms with E-state index in [0.717, 1.165) is 50.0 Å². The first-order valence-electron chi connectivity index (χ1n) is 6.60. The number of nitrogens with one attached hydrogen (secondary N) is 2. The molecule has 0 aliphatic carbocycles. The van der Waals surface area contributed by atoms with Crippen LogP contribution in [0.4, 0.5) is 9.80 Å². The predicted octanol–water partition coefficient (Wildman–Crippen LogP) is 0.179. The van der Waals surface area contributed by atoms with Crippen LogP contribution in [0.1, 0.15) is 12.6 Å². The number of hydrogen-bond donors (Lipinski definition) is 2. The normalized spacial score (nSPS) is 23.3. The summed E-state index contributed by atoms with van der Waals surface area (Å²) in [5, 5.41) is 11.4. The Hall–Kier alpha value is -1.41. The van der Waals surface area contributed by atoms with Crippen LogP contribution in [0.3, 0.4) is 0 Å². The Labute approximate surface area is 116 Å². The number of amides is 2. The van der Waals surface area contributed by atoms with Crippen molar-refractivity contribution >= 4 is 22.6 Å². The number of rotatable bonds is 4. The summed E-state index contributed by atoms with van der Waals surface area (Å²) in [6.45, 7) is 7.10. The summed E-state index contributed by atoms with van der Waals surface area (Å²) in [5.74, 6) is 0. The zero-order valence-corrected chi connectivity index (χ0v) is 11.7. The molecular weight excluding hydrogens is 264 g/mol. The van der Waals surface area contributed by atoms with Crippen molar-refractivity contribution in [3.8, 4) is 0 Å². The van der Waals surface area contributed by atoms with Crippen molar-refractivity contribution in [3.05, 3.63) is 5.69 Å². The molecular formula is C11H18N6OS. The first kappa shape index (κ1) is 12.6. The molecule has 0 saturated carbocycles. The van der Waals surface area contributed by atoms with Gasteiger partial charge in [0.25, 0.3) is 0 Å². The fourth-order valence-electron chi connectivity index (χ4n) is 2.63. The highest BCUT2D eigenvalue weighted by Gasteiger charge is 2.35. The lowest BCUT2D eigenvalue weighted by Gasteiger charge is -2.36. The van der Waals surface area contributed by atoms with E-state index < -0.39 is 0 Å². The molecule has 0 spiro atoms. The van der Waals surface area contributed by atoms with Gasteiger partial charge in [-0.1, -0.05) is 4.49 Å². The van der Waals surface area contributed by atoms with Crippen molar-refractivity contribution in [1.82, 2.24) is 24.7 Å². The van der Waals surface area contributed by atoms with Crippen LogP contribution in [0.5, 0.6) is 0 Å².